The Labute approximate surface area is 122 Å². The molecule has 4 nitrogen and oxygen atoms in total. The van der Waals surface area contributed by atoms with Gasteiger partial charge in [0.25, 0.3) is 0 Å². The van der Waals surface area contributed by atoms with Crippen molar-refractivity contribution >= 4 is 22.7 Å². The zero-order valence-corrected chi connectivity index (χ0v) is 11.5. The van der Waals surface area contributed by atoms with E-state index in [0.717, 1.165) is 23.9 Å². The van der Waals surface area contributed by atoms with E-state index in [1.54, 1.807) is 24.3 Å². The molecule has 0 radical (unpaired) electrons. The smallest absolute Gasteiger partial charge is 0.346 e. The lowest BCUT2D eigenvalue weighted by atomic mass is 9.94. The molecule has 0 atom stereocenters. The van der Waals surface area contributed by atoms with Gasteiger partial charge in [0, 0.05) is 23.9 Å². The first-order valence-corrected chi connectivity index (χ1v) is 6.68. The van der Waals surface area contributed by atoms with Gasteiger partial charge in [-0.1, -0.05) is 24.0 Å². The maximum Gasteiger partial charge on any atom is 0.346 e. The predicted molar refractivity (Wildman–Crippen MR) is 79.1 cm³/mol. The van der Waals surface area contributed by atoms with Gasteiger partial charge < -0.3 is 10.1 Å². The number of esters is 2. The van der Waals surface area contributed by atoms with Gasteiger partial charge in [-0.2, -0.15) is 0 Å². The van der Waals surface area contributed by atoms with Gasteiger partial charge in [-0.25, -0.2) is 9.59 Å². The average Bonchev–Trinajstić information content (AvgIpc) is 2.49. The first kappa shape index (κ1) is 13.3. The van der Waals surface area contributed by atoms with Crippen LogP contribution in [0.5, 0.6) is 0 Å². The van der Waals surface area contributed by atoms with Gasteiger partial charge >= 0.3 is 11.9 Å². The molecule has 0 aromatic heterocycles. The fourth-order valence-corrected chi connectivity index (χ4v) is 2.40. The molecule has 2 aromatic rings. The lowest BCUT2D eigenvalue weighted by Gasteiger charge is -2.15. The largest absolute Gasteiger partial charge is 0.386 e. The highest BCUT2D eigenvalue weighted by atomic mass is 16.6. The summed E-state index contributed by atoms with van der Waals surface area (Å²) in [5.74, 6) is 4.98. The summed E-state index contributed by atoms with van der Waals surface area (Å²) in [5.41, 5.74) is 1.65. The molecule has 0 bridgehead atoms. The molecule has 0 saturated heterocycles. The second-order valence-electron chi connectivity index (χ2n) is 4.72. The summed E-state index contributed by atoms with van der Waals surface area (Å²) < 4.78 is 4.73. The van der Waals surface area contributed by atoms with Gasteiger partial charge in [0.05, 0.1) is 11.1 Å². The molecule has 21 heavy (non-hydrogen) atoms. The third-order valence-electron chi connectivity index (χ3n) is 3.39. The third-order valence-corrected chi connectivity index (χ3v) is 3.39. The van der Waals surface area contributed by atoms with Crippen LogP contribution in [0.4, 0.5) is 0 Å². The van der Waals surface area contributed by atoms with Crippen molar-refractivity contribution in [1.29, 1.82) is 0 Å². The van der Waals surface area contributed by atoms with E-state index in [4.69, 9.17) is 4.74 Å². The molecular formula is C17H13NO3. The van der Waals surface area contributed by atoms with Gasteiger partial charge in [-0.3, -0.25) is 0 Å². The Kier molecular flexibility index (Phi) is 3.43. The highest BCUT2D eigenvalue weighted by Crippen LogP contribution is 2.30. The van der Waals surface area contributed by atoms with Crippen molar-refractivity contribution in [3.8, 4) is 11.8 Å². The molecule has 1 N–H and O–H groups in total. The van der Waals surface area contributed by atoms with Crippen molar-refractivity contribution in [2.75, 3.05) is 13.6 Å². The quantitative estimate of drug-likeness (QED) is 0.396. The maximum atomic E-state index is 11.8. The van der Waals surface area contributed by atoms with Crippen LogP contribution >= 0.6 is 0 Å². The molecule has 0 amide bonds. The molecule has 1 heterocycles. The SMILES string of the molecule is CNCCC#Cc1ccc2c3c(cccc13)C(=O)OC2=O. The van der Waals surface area contributed by atoms with Crippen molar-refractivity contribution in [2.24, 2.45) is 0 Å². The lowest BCUT2D eigenvalue weighted by Crippen LogP contribution is -2.19. The minimum Gasteiger partial charge on any atom is -0.386 e. The van der Waals surface area contributed by atoms with Gasteiger partial charge in [-0.05, 0) is 30.6 Å². The molecule has 2 aromatic carbocycles. The number of hydrogen-bond acceptors (Lipinski definition) is 4. The van der Waals surface area contributed by atoms with Crippen LogP contribution < -0.4 is 5.32 Å². The van der Waals surface area contributed by atoms with Gasteiger partial charge in [0.15, 0.2) is 0 Å². The fraction of sp³-hybridized carbons (Fsp3) is 0.176. The van der Waals surface area contributed by atoms with Crippen LogP contribution in [0.25, 0.3) is 10.8 Å². The number of nitrogens with one attached hydrogen (secondary N) is 1. The number of carbonyl (C=O) groups excluding carboxylic acids is 2. The molecule has 4 heteroatoms. The number of benzene rings is 2. The van der Waals surface area contributed by atoms with E-state index in [2.05, 4.69) is 17.2 Å². The number of cyclic esters (lactones) is 2. The summed E-state index contributed by atoms with van der Waals surface area (Å²) in [5, 5.41) is 4.48. The van der Waals surface area contributed by atoms with Crippen LogP contribution in [0, 0.1) is 11.8 Å². The monoisotopic (exact) mass is 279 g/mol. The molecule has 1 aliphatic rings. The molecular weight excluding hydrogens is 266 g/mol. The van der Waals surface area contributed by atoms with Crippen LogP contribution in [0.3, 0.4) is 0 Å². The second-order valence-corrected chi connectivity index (χ2v) is 4.72. The molecule has 0 saturated carbocycles. The molecule has 0 fully saturated rings. The third kappa shape index (κ3) is 2.28. The summed E-state index contributed by atoms with van der Waals surface area (Å²) in [4.78, 5) is 23.6. The van der Waals surface area contributed by atoms with E-state index in [1.807, 2.05) is 13.1 Å². The average molecular weight is 279 g/mol. The van der Waals surface area contributed by atoms with Crippen LogP contribution in [0.15, 0.2) is 30.3 Å². The zero-order chi connectivity index (χ0) is 14.8. The van der Waals surface area contributed by atoms with E-state index in [-0.39, 0.29) is 0 Å². The van der Waals surface area contributed by atoms with Gasteiger partial charge in [0.1, 0.15) is 0 Å². The summed E-state index contributed by atoms with van der Waals surface area (Å²) >= 11 is 0. The minimum absolute atomic E-state index is 0.418. The number of rotatable bonds is 2. The number of ether oxygens (including phenoxy) is 1. The maximum absolute atomic E-state index is 11.8. The van der Waals surface area contributed by atoms with Crippen LogP contribution in [-0.4, -0.2) is 25.5 Å². The van der Waals surface area contributed by atoms with Crippen molar-refractivity contribution < 1.29 is 14.3 Å². The van der Waals surface area contributed by atoms with Crippen molar-refractivity contribution in [3.05, 3.63) is 47.0 Å². The Bertz CT molecular complexity index is 792. The number of hydrogen-bond donors (Lipinski definition) is 1. The molecule has 0 spiro atoms. The van der Waals surface area contributed by atoms with Crippen LogP contribution in [0.2, 0.25) is 0 Å². The van der Waals surface area contributed by atoms with E-state index >= 15 is 0 Å². The lowest BCUT2D eigenvalue weighted by molar-refractivity contribution is 0.0391. The molecule has 3 rings (SSSR count). The Morgan fingerprint density at radius 1 is 1.10 bits per heavy atom. The van der Waals surface area contributed by atoms with Crippen molar-refractivity contribution in [1.82, 2.24) is 5.32 Å². The van der Waals surface area contributed by atoms with Crippen LogP contribution in [0.1, 0.15) is 32.7 Å². The highest BCUT2D eigenvalue weighted by molar-refractivity contribution is 6.21. The molecule has 104 valence electrons. The van der Waals surface area contributed by atoms with Gasteiger partial charge in [0.2, 0.25) is 0 Å². The number of carbonyl (C=O) groups is 2. The van der Waals surface area contributed by atoms with E-state index in [0.29, 0.717) is 16.5 Å². The first-order valence-electron chi connectivity index (χ1n) is 6.68. The summed E-state index contributed by atoms with van der Waals surface area (Å²) in [6.45, 7) is 0.819. The highest BCUT2D eigenvalue weighted by Gasteiger charge is 2.27. The summed E-state index contributed by atoms with van der Waals surface area (Å²) in [6.07, 6.45) is 0.737. The Hall–Kier alpha value is -2.64. The second kappa shape index (κ2) is 5.39. The fourth-order valence-electron chi connectivity index (χ4n) is 2.40. The van der Waals surface area contributed by atoms with Crippen molar-refractivity contribution in [3.63, 3.8) is 0 Å². The predicted octanol–water partition coefficient (Wildman–Crippen LogP) is 2.11. The van der Waals surface area contributed by atoms with Gasteiger partial charge in [-0.15, -0.1) is 0 Å². The van der Waals surface area contributed by atoms with Crippen molar-refractivity contribution in [2.45, 2.75) is 6.42 Å². The Morgan fingerprint density at radius 3 is 2.62 bits per heavy atom. The molecule has 0 aliphatic carbocycles. The van der Waals surface area contributed by atoms with E-state index in [1.165, 1.54) is 0 Å². The summed E-state index contributed by atoms with van der Waals surface area (Å²) in [6, 6.07) is 8.78. The normalized spacial score (nSPS) is 12.8. The van der Waals surface area contributed by atoms with E-state index in [9.17, 15) is 9.59 Å². The minimum atomic E-state index is -0.599. The Balaban J connectivity index is 2.18. The molecule has 1 aliphatic heterocycles. The topological polar surface area (TPSA) is 55.4 Å². The van der Waals surface area contributed by atoms with E-state index < -0.39 is 11.9 Å². The Morgan fingerprint density at radius 2 is 1.86 bits per heavy atom. The standard InChI is InChI=1S/C17H13NO3/c1-18-10-3-2-5-11-8-9-14-15-12(11)6-4-7-13(15)16(19)21-17(14)20/h4,6-9,18H,3,10H2,1H3. The zero-order valence-electron chi connectivity index (χ0n) is 11.5. The first-order chi connectivity index (χ1) is 10.2. The molecule has 0 unspecified atom stereocenters. The van der Waals surface area contributed by atoms with Crippen LogP contribution in [-0.2, 0) is 4.74 Å². The summed E-state index contributed by atoms with van der Waals surface area (Å²) in [7, 11) is 1.88.